The number of nitrogens with zero attached hydrogens (tertiary/aromatic N) is 5. The zero-order chi connectivity index (χ0) is 26.1. The number of nitrogen functional groups attached to an aromatic ring is 1. The van der Waals surface area contributed by atoms with Gasteiger partial charge < -0.3 is 16.4 Å². The summed E-state index contributed by atoms with van der Waals surface area (Å²) in [7, 11) is 1.87. The molecular formula is C27H28F2N8. The summed E-state index contributed by atoms with van der Waals surface area (Å²) in [6.45, 7) is 3.63. The molecule has 37 heavy (non-hydrogen) atoms. The third kappa shape index (κ3) is 3.58. The number of piperidine rings is 1. The van der Waals surface area contributed by atoms with Crippen LogP contribution >= 0.6 is 0 Å². The third-order valence-electron chi connectivity index (χ3n) is 8.25. The van der Waals surface area contributed by atoms with Crippen molar-refractivity contribution in [1.29, 1.82) is 5.41 Å². The molecule has 10 heteroatoms. The summed E-state index contributed by atoms with van der Waals surface area (Å²) in [5, 5.41) is 14.2. The Kier molecular flexibility index (Phi) is 5.27. The lowest BCUT2D eigenvalue weighted by molar-refractivity contribution is 0.543. The van der Waals surface area contributed by atoms with Gasteiger partial charge in [-0.15, -0.1) is 0 Å². The molecule has 6 rings (SSSR count). The minimum Gasteiger partial charge on any atom is -0.382 e. The van der Waals surface area contributed by atoms with Gasteiger partial charge in [-0.3, -0.25) is 10.1 Å². The molecule has 0 unspecified atom stereocenters. The van der Waals surface area contributed by atoms with E-state index in [-0.39, 0.29) is 23.4 Å². The summed E-state index contributed by atoms with van der Waals surface area (Å²) in [6.07, 6.45) is 4.40. The standard InChI is InChI=1S/C27H28F2N8/c1-14-18(3-4-22-19(14)11-36(2)35-22)24(31)25-26(32)34-23(10-33-25)37-6-5-20-21(12-37)27(20,13-30)15-7-16(28)9-17(29)8-15/h3-4,7-11,20-21,31H,5-6,12-13,30H2,1-2H3,(H2,32,34)/t20-,21+,27+/m1/s1. The first kappa shape index (κ1) is 23.5. The van der Waals surface area contributed by atoms with Crippen molar-refractivity contribution in [3.63, 3.8) is 0 Å². The molecule has 2 aromatic carbocycles. The quantitative estimate of drug-likeness (QED) is 0.360. The molecule has 1 saturated heterocycles. The van der Waals surface area contributed by atoms with E-state index in [9.17, 15) is 8.78 Å². The molecule has 3 atom stereocenters. The van der Waals surface area contributed by atoms with Crippen LogP contribution in [0, 0.1) is 35.8 Å². The topological polar surface area (TPSA) is 123 Å². The molecular weight excluding hydrogens is 474 g/mol. The monoisotopic (exact) mass is 502 g/mol. The van der Waals surface area contributed by atoms with E-state index in [0.29, 0.717) is 36.7 Å². The molecule has 190 valence electrons. The van der Waals surface area contributed by atoms with Crippen LogP contribution in [0.1, 0.15) is 28.8 Å². The Morgan fingerprint density at radius 2 is 1.95 bits per heavy atom. The van der Waals surface area contributed by atoms with Gasteiger partial charge in [0.15, 0.2) is 5.82 Å². The molecule has 2 aromatic heterocycles. The second kappa shape index (κ2) is 8.31. The van der Waals surface area contributed by atoms with E-state index >= 15 is 0 Å². The van der Waals surface area contributed by atoms with Crippen molar-refractivity contribution in [1.82, 2.24) is 19.7 Å². The summed E-state index contributed by atoms with van der Waals surface area (Å²) in [6, 6.07) is 7.45. The molecule has 0 bridgehead atoms. The number of halogens is 2. The lowest BCUT2D eigenvalue weighted by atomic mass is 9.91. The Balaban J connectivity index is 1.25. The van der Waals surface area contributed by atoms with E-state index < -0.39 is 17.0 Å². The summed E-state index contributed by atoms with van der Waals surface area (Å²) in [5.74, 6) is 0.0507. The molecule has 2 aliphatic rings. The van der Waals surface area contributed by atoms with Gasteiger partial charge in [-0.25, -0.2) is 18.7 Å². The van der Waals surface area contributed by atoms with Gasteiger partial charge in [0.2, 0.25) is 0 Å². The molecule has 0 radical (unpaired) electrons. The number of hydrogen-bond acceptors (Lipinski definition) is 7. The Labute approximate surface area is 212 Å². The van der Waals surface area contributed by atoms with Gasteiger partial charge in [-0.2, -0.15) is 5.10 Å². The summed E-state index contributed by atoms with van der Waals surface area (Å²) in [4.78, 5) is 11.2. The molecule has 0 spiro atoms. The van der Waals surface area contributed by atoms with Crippen molar-refractivity contribution < 1.29 is 8.78 Å². The minimum absolute atomic E-state index is 0.155. The highest BCUT2D eigenvalue weighted by Gasteiger charge is 2.65. The second-order valence-corrected chi connectivity index (χ2v) is 10.2. The van der Waals surface area contributed by atoms with Gasteiger partial charge in [0.1, 0.15) is 23.1 Å². The second-order valence-electron chi connectivity index (χ2n) is 10.2. The number of hydrogen-bond donors (Lipinski definition) is 3. The Morgan fingerprint density at radius 3 is 2.65 bits per heavy atom. The lowest BCUT2D eigenvalue weighted by Gasteiger charge is -2.27. The van der Waals surface area contributed by atoms with Gasteiger partial charge in [-0.05, 0) is 54.5 Å². The van der Waals surface area contributed by atoms with Gasteiger partial charge >= 0.3 is 0 Å². The molecule has 3 heterocycles. The number of aryl methyl sites for hydroxylation is 2. The van der Waals surface area contributed by atoms with Crippen LogP contribution in [0.4, 0.5) is 20.4 Å². The zero-order valence-electron chi connectivity index (χ0n) is 20.7. The molecule has 1 aliphatic carbocycles. The summed E-state index contributed by atoms with van der Waals surface area (Å²) >= 11 is 0. The van der Waals surface area contributed by atoms with Crippen LogP contribution in [0.3, 0.4) is 0 Å². The minimum atomic E-state index is -0.585. The fraction of sp³-hybridized carbons (Fsp3) is 0.333. The smallest absolute Gasteiger partial charge is 0.154 e. The highest BCUT2D eigenvalue weighted by Crippen LogP contribution is 2.63. The van der Waals surface area contributed by atoms with Gasteiger partial charge in [-0.1, -0.05) is 6.07 Å². The van der Waals surface area contributed by atoms with Crippen molar-refractivity contribution in [3.05, 3.63) is 76.7 Å². The highest BCUT2D eigenvalue weighted by molar-refractivity contribution is 6.14. The predicted molar refractivity (Wildman–Crippen MR) is 139 cm³/mol. The number of nitrogens with one attached hydrogen (secondary N) is 1. The zero-order valence-corrected chi connectivity index (χ0v) is 20.7. The number of aromatic nitrogens is 4. The van der Waals surface area contributed by atoms with Crippen LogP contribution in [0.25, 0.3) is 10.9 Å². The fourth-order valence-electron chi connectivity index (χ4n) is 6.34. The number of fused-ring (bicyclic) bond motifs is 2. The van der Waals surface area contributed by atoms with Crippen molar-refractivity contribution >= 4 is 28.3 Å². The van der Waals surface area contributed by atoms with Crippen LogP contribution in [-0.4, -0.2) is 45.1 Å². The molecule has 1 aliphatic heterocycles. The van der Waals surface area contributed by atoms with Crippen molar-refractivity contribution in [2.24, 2.45) is 24.6 Å². The predicted octanol–water partition coefficient (Wildman–Crippen LogP) is 3.30. The molecule has 0 amide bonds. The van der Waals surface area contributed by atoms with E-state index in [2.05, 4.69) is 20.0 Å². The highest BCUT2D eigenvalue weighted by atomic mass is 19.1. The van der Waals surface area contributed by atoms with Crippen LogP contribution in [0.2, 0.25) is 0 Å². The van der Waals surface area contributed by atoms with Crippen LogP contribution < -0.4 is 16.4 Å². The molecule has 8 nitrogen and oxygen atoms in total. The van der Waals surface area contributed by atoms with Crippen molar-refractivity contribution in [2.45, 2.75) is 18.8 Å². The summed E-state index contributed by atoms with van der Waals surface area (Å²) in [5.41, 5.74) is 15.7. The number of benzene rings is 2. The van der Waals surface area contributed by atoms with E-state index in [1.165, 1.54) is 12.1 Å². The maximum atomic E-state index is 14.0. The Hall–Kier alpha value is -3.92. The molecule has 4 aromatic rings. The SMILES string of the molecule is Cc1c(C(=N)c2ncc(N3CC[C@@H]4[C@H](C3)[C@@]4(CN)c3cc(F)cc(F)c3)nc2N)ccc2nn(C)cc12. The van der Waals surface area contributed by atoms with Crippen LogP contribution in [-0.2, 0) is 12.5 Å². The fourth-order valence-corrected chi connectivity index (χ4v) is 6.34. The van der Waals surface area contributed by atoms with Gasteiger partial charge in [0, 0.05) is 55.3 Å². The number of anilines is 2. The van der Waals surface area contributed by atoms with Crippen LogP contribution in [0.15, 0.2) is 42.7 Å². The first-order chi connectivity index (χ1) is 17.7. The summed E-state index contributed by atoms with van der Waals surface area (Å²) < 4.78 is 29.7. The average Bonchev–Trinajstić information content (AvgIpc) is 3.36. The van der Waals surface area contributed by atoms with E-state index in [1.807, 2.05) is 32.3 Å². The number of nitrogens with two attached hydrogens (primary N) is 2. The molecule has 2 fully saturated rings. The molecule has 5 N–H and O–H groups in total. The van der Waals surface area contributed by atoms with E-state index in [0.717, 1.165) is 34.5 Å². The Bertz CT molecular complexity index is 1540. The maximum Gasteiger partial charge on any atom is 0.154 e. The van der Waals surface area contributed by atoms with E-state index in [1.54, 1.807) is 10.9 Å². The Morgan fingerprint density at radius 1 is 1.19 bits per heavy atom. The van der Waals surface area contributed by atoms with Gasteiger partial charge in [0.25, 0.3) is 0 Å². The maximum absolute atomic E-state index is 14.0. The number of rotatable bonds is 5. The third-order valence-corrected chi connectivity index (χ3v) is 8.25. The van der Waals surface area contributed by atoms with Crippen molar-refractivity contribution in [3.8, 4) is 0 Å². The van der Waals surface area contributed by atoms with Gasteiger partial charge in [0.05, 0.1) is 17.4 Å². The largest absolute Gasteiger partial charge is 0.382 e. The van der Waals surface area contributed by atoms with Crippen molar-refractivity contribution in [2.75, 3.05) is 30.3 Å². The lowest BCUT2D eigenvalue weighted by Crippen LogP contribution is -2.33. The van der Waals surface area contributed by atoms with Crippen LogP contribution in [0.5, 0.6) is 0 Å². The normalized spacial score (nSPS) is 22.8. The first-order valence-electron chi connectivity index (χ1n) is 12.3. The van der Waals surface area contributed by atoms with E-state index in [4.69, 9.17) is 16.9 Å². The molecule has 1 saturated carbocycles. The average molecular weight is 503 g/mol. The first-order valence-corrected chi connectivity index (χ1v) is 12.3.